The summed E-state index contributed by atoms with van der Waals surface area (Å²) in [5.74, 6) is -1.12. The van der Waals surface area contributed by atoms with Gasteiger partial charge in [-0.2, -0.15) is 13.2 Å². The summed E-state index contributed by atoms with van der Waals surface area (Å²) in [7, 11) is -4.36. The number of amides is 2. The van der Waals surface area contributed by atoms with Crippen LogP contribution in [0.4, 0.5) is 18.9 Å². The van der Waals surface area contributed by atoms with E-state index in [1.807, 2.05) is 4.72 Å². The van der Waals surface area contributed by atoms with Crippen LogP contribution in [0.2, 0.25) is 5.02 Å². The molecule has 3 N–H and O–H groups in total. The van der Waals surface area contributed by atoms with Crippen molar-refractivity contribution < 1.29 is 31.2 Å². The molecule has 0 aromatic heterocycles. The van der Waals surface area contributed by atoms with Crippen LogP contribution in [0.3, 0.4) is 0 Å². The van der Waals surface area contributed by atoms with Crippen molar-refractivity contribution in [2.75, 3.05) is 17.8 Å². The number of halogens is 4. The standard InChI is InChI=1S/C18H17ClF3N3O4S/c1-2-23-16(26)10-24-17(27)11-4-3-5-13(8-11)30(28,29)25-15-9-12(18(20,21)22)6-7-14(15)19/h3-9,25H,2,10H2,1H3,(H,23,26)(H,24,27). The molecule has 162 valence electrons. The maximum Gasteiger partial charge on any atom is 0.416 e. The Bertz CT molecular complexity index is 1060. The maximum atomic E-state index is 12.9. The number of alkyl halides is 3. The molecule has 0 aliphatic carbocycles. The van der Waals surface area contributed by atoms with Crippen LogP contribution in [-0.4, -0.2) is 33.3 Å². The molecule has 0 saturated heterocycles. The van der Waals surface area contributed by atoms with Crippen molar-refractivity contribution >= 4 is 39.1 Å². The van der Waals surface area contributed by atoms with Gasteiger partial charge in [0, 0.05) is 12.1 Å². The van der Waals surface area contributed by atoms with Crippen molar-refractivity contribution in [3.05, 3.63) is 58.6 Å². The van der Waals surface area contributed by atoms with Gasteiger partial charge in [0.25, 0.3) is 15.9 Å². The summed E-state index contributed by atoms with van der Waals surface area (Å²) < 4.78 is 65.8. The number of carbonyl (C=O) groups excluding carboxylic acids is 2. The van der Waals surface area contributed by atoms with Gasteiger partial charge >= 0.3 is 6.18 Å². The van der Waals surface area contributed by atoms with Crippen LogP contribution in [-0.2, 0) is 21.0 Å². The van der Waals surface area contributed by atoms with Gasteiger partial charge in [-0.1, -0.05) is 17.7 Å². The van der Waals surface area contributed by atoms with Crippen molar-refractivity contribution in [2.45, 2.75) is 18.0 Å². The summed E-state index contributed by atoms with van der Waals surface area (Å²) in [6, 6.07) is 7.00. The van der Waals surface area contributed by atoms with Crippen molar-refractivity contribution in [3.63, 3.8) is 0 Å². The van der Waals surface area contributed by atoms with E-state index in [1.54, 1.807) is 6.92 Å². The summed E-state index contributed by atoms with van der Waals surface area (Å²) in [6.07, 6.45) is -4.69. The van der Waals surface area contributed by atoms with E-state index in [4.69, 9.17) is 11.6 Å². The number of sulfonamides is 1. The zero-order valence-electron chi connectivity index (χ0n) is 15.5. The van der Waals surface area contributed by atoms with Crippen LogP contribution < -0.4 is 15.4 Å². The third-order valence-corrected chi connectivity index (χ3v) is 5.42. The van der Waals surface area contributed by atoms with Crippen LogP contribution in [0.1, 0.15) is 22.8 Å². The monoisotopic (exact) mass is 463 g/mol. The lowest BCUT2D eigenvalue weighted by atomic mass is 10.2. The second-order valence-electron chi connectivity index (χ2n) is 5.96. The molecule has 0 atom stereocenters. The fourth-order valence-corrected chi connectivity index (χ4v) is 3.65. The first kappa shape index (κ1) is 23.5. The van der Waals surface area contributed by atoms with E-state index in [-0.39, 0.29) is 22.0 Å². The highest BCUT2D eigenvalue weighted by atomic mass is 35.5. The molecule has 7 nitrogen and oxygen atoms in total. The molecule has 0 radical (unpaired) electrons. The number of nitrogens with one attached hydrogen (secondary N) is 3. The Morgan fingerprint density at radius 1 is 1.07 bits per heavy atom. The highest BCUT2D eigenvalue weighted by Gasteiger charge is 2.31. The molecule has 0 aliphatic heterocycles. The minimum Gasteiger partial charge on any atom is -0.355 e. The molecular formula is C18H17ClF3N3O4S. The summed E-state index contributed by atoms with van der Waals surface area (Å²) in [5.41, 5.74) is -1.60. The molecule has 2 aromatic rings. The van der Waals surface area contributed by atoms with E-state index in [2.05, 4.69) is 10.6 Å². The Hall–Kier alpha value is -2.79. The Morgan fingerprint density at radius 3 is 2.40 bits per heavy atom. The molecule has 0 saturated carbocycles. The lowest BCUT2D eigenvalue weighted by Crippen LogP contribution is -2.36. The summed E-state index contributed by atoms with van der Waals surface area (Å²) in [5, 5.41) is 4.58. The van der Waals surface area contributed by atoms with Gasteiger partial charge in [-0.3, -0.25) is 14.3 Å². The third kappa shape index (κ3) is 6.10. The first-order chi connectivity index (χ1) is 13.9. The van der Waals surface area contributed by atoms with Crippen molar-refractivity contribution in [1.82, 2.24) is 10.6 Å². The van der Waals surface area contributed by atoms with Crippen molar-refractivity contribution in [1.29, 1.82) is 0 Å². The van der Waals surface area contributed by atoms with E-state index < -0.39 is 39.3 Å². The Balaban J connectivity index is 2.24. The molecule has 2 amide bonds. The van der Waals surface area contributed by atoms with Gasteiger partial charge in [-0.05, 0) is 43.3 Å². The predicted octanol–water partition coefficient (Wildman–Crippen LogP) is 3.03. The molecule has 0 spiro atoms. The molecule has 2 aromatic carbocycles. The van der Waals surface area contributed by atoms with Gasteiger partial charge < -0.3 is 10.6 Å². The lowest BCUT2D eigenvalue weighted by molar-refractivity contribution is -0.137. The smallest absolute Gasteiger partial charge is 0.355 e. The van der Waals surface area contributed by atoms with Gasteiger partial charge in [0.2, 0.25) is 5.91 Å². The number of hydrogen-bond acceptors (Lipinski definition) is 4. The van der Waals surface area contributed by atoms with Crippen LogP contribution >= 0.6 is 11.6 Å². The molecule has 0 bridgehead atoms. The molecule has 0 aliphatic rings. The average molecular weight is 464 g/mol. The topological polar surface area (TPSA) is 104 Å². The second kappa shape index (κ2) is 9.35. The molecule has 0 unspecified atom stereocenters. The fraction of sp³-hybridized carbons (Fsp3) is 0.222. The Labute approximate surface area is 175 Å². The van der Waals surface area contributed by atoms with E-state index >= 15 is 0 Å². The third-order valence-electron chi connectivity index (χ3n) is 3.73. The van der Waals surface area contributed by atoms with Gasteiger partial charge in [-0.15, -0.1) is 0 Å². The number of anilines is 1. The minimum atomic E-state index is -4.69. The van der Waals surface area contributed by atoms with Crippen molar-refractivity contribution in [2.24, 2.45) is 0 Å². The molecule has 0 heterocycles. The zero-order chi connectivity index (χ0) is 22.5. The minimum absolute atomic E-state index is 0.0580. The van der Waals surface area contributed by atoms with Gasteiger partial charge in [0.1, 0.15) is 0 Å². The van der Waals surface area contributed by atoms with Crippen LogP contribution in [0, 0.1) is 0 Å². The highest BCUT2D eigenvalue weighted by molar-refractivity contribution is 7.92. The van der Waals surface area contributed by atoms with Crippen LogP contribution in [0.5, 0.6) is 0 Å². The summed E-state index contributed by atoms with van der Waals surface area (Å²) in [4.78, 5) is 23.2. The number of carbonyl (C=O) groups is 2. The predicted molar refractivity (Wildman–Crippen MR) is 105 cm³/mol. The second-order valence-corrected chi connectivity index (χ2v) is 8.05. The van der Waals surface area contributed by atoms with Crippen molar-refractivity contribution in [3.8, 4) is 0 Å². The average Bonchev–Trinajstić information content (AvgIpc) is 2.67. The van der Waals surface area contributed by atoms with Crippen LogP contribution in [0.25, 0.3) is 0 Å². The first-order valence-corrected chi connectivity index (χ1v) is 10.3. The molecule has 30 heavy (non-hydrogen) atoms. The Morgan fingerprint density at radius 2 is 1.77 bits per heavy atom. The number of benzene rings is 2. The SMILES string of the molecule is CCNC(=O)CNC(=O)c1cccc(S(=O)(=O)Nc2cc(C(F)(F)F)ccc2Cl)c1. The van der Waals surface area contributed by atoms with E-state index in [0.29, 0.717) is 12.6 Å². The van der Waals surface area contributed by atoms with Gasteiger partial charge in [-0.25, -0.2) is 8.42 Å². The molecule has 2 rings (SSSR count). The number of hydrogen-bond donors (Lipinski definition) is 3. The fourth-order valence-electron chi connectivity index (χ4n) is 2.31. The van der Waals surface area contributed by atoms with Gasteiger partial charge in [0.05, 0.1) is 27.7 Å². The van der Waals surface area contributed by atoms with E-state index in [0.717, 1.165) is 24.3 Å². The highest BCUT2D eigenvalue weighted by Crippen LogP contribution is 2.34. The normalized spacial score (nSPS) is 11.6. The Kier molecular flexibility index (Phi) is 7.32. The maximum absolute atomic E-state index is 12.9. The quantitative estimate of drug-likeness (QED) is 0.587. The first-order valence-electron chi connectivity index (χ1n) is 8.48. The zero-order valence-corrected chi connectivity index (χ0v) is 17.1. The molecule has 12 heteroatoms. The number of rotatable bonds is 7. The van der Waals surface area contributed by atoms with Crippen LogP contribution in [0.15, 0.2) is 47.4 Å². The van der Waals surface area contributed by atoms with E-state index in [9.17, 15) is 31.2 Å². The van der Waals surface area contributed by atoms with E-state index in [1.165, 1.54) is 12.1 Å². The lowest BCUT2D eigenvalue weighted by Gasteiger charge is -2.13. The van der Waals surface area contributed by atoms with Gasteiger partial charge in [0.15, 0.2) is 0 Å². The molecular weight excluding hydrogens is 447 g/mol. The number of likely N-dealkylation sites (N-methyl/N-ethyl adjacent to an activating group) is 1. The largest absolute Gasteiger partial charge is 0.416 e. The summed E-state index contributed by atoms with van der Waals surface area (Å²) >= 11 is 5.82. The summed E-state index contributed by atoms with van der Waals surface area (Å²) in [6.45, 7) is 1.78. The molecule has 0 fully saturated rings.